The first-order valence-electron chi connectivity index (χ1n) is 3.00. The lowest BCUT2D eigenvalue weighted by Gasteiger charge is -2.14. The molecule has 0 fully saturated rings. The van der Waals surface area contributed by atoms with Crippen LogP contribution in [0.4, 0.5) is 0 Å². The molecule has 1 N–H and O–H groups in total. The molecule has 0 saturated heterocycles. The second-order valence-corrected chi connectivity index (χ2v) is 4.43. The van der Waals surface area contributed by atoms with Crippen molar-refractivity contribution in [1.82, 2.24) is 0 Å². The number of hydrogen-bond donors (Lipinski definition) is 2. The topological polar surface area (TPSA) is 20.2 Å². The van der Waals surface area contributed by atoms with Crippen molar-refractivity contribution in [2.75, 3.05) is 0 Å². The van der Waals surface area contributed by atoms with Crippen molar-refractivity contribution in [2.24, 2.45) is 0 Å². The molecule has 0 unspecified atom stereocenters. The molecule has 1 aromatic rings. The van der Waals surface area contributed by atoms with Crippen molar-refractivity contribution in [3.63, 3.8) is 0 Å². The molecule has 1 rings (SSSR count). The van der Waals surface area contributed by atoms with Gasteiger partial charge >= 0.3 is 0 Å². The Hall–Kier alpha value is 0.01000. The molecule has 0 aliphatic carbocycles. The first kappa shape index (κ1) is 8.11. The van der Waals surface area contributed by atoms with Crippen molar-refractivity contribution in [1.29, 1.82) is 0 Å². The van der Waals surface area contributed by atoms with Crippen molar-refractivity contribution in [2.45, 2.75) is 23.7 Å². The van der Waals surface area contributed by atoms with E-state index in [1.807, 2.05) is 11.4 Å². The van der Waals surface area contributed by atoms with E-state index in [9.17, 15) is 5.11 Å². The SMILES string of the molecule is CC(C)(O)c1csc(S)c1. The quantitative estimate of drug-likeness (QED) is 0.626. The zero-order valence-electron chi connectivity index (χ0n) is 5.96. The average molecular weight is 174 g/mol. The molecule has 0 amide bonds. The summed E-state index contributed by atoms with van der Waals surface area (Å²) in [6.45, 7) is 3.53. The minimum Gasteiger partial charge on any atom is -0.386 e. The molecule has 56 valence electrons. The van der Waals surface area contributed by atoms with Gasteiger partial charge in [-0.1, -0.05) is 0 Å². The molecule has 0 spiro atoms. The second kappa shape index (κ2) is 2.57. The zero-order chi connectivity index (χ0) is 7.78. The van der Waals surface area contributed by atoms with Gasteiger partial charge in [-0.05, 0) is 30.9 Å². The molecule has 1 nitrogen and oxygen atoms in total. The molecule has 0 saturated carbocycles. The highest BCUT2D eigenvalue weighted by Crippen LogP contribution is 2.26. The maximum atomic E-state index is 9.48. The maximum Gasteiger partial charge on any atom is 0.0848 e. The first-order chi connectivity index (χ1) is 4.50. The molecule has 1 aromatic heterocycles. The van der Waals surface area contributed by atoms with E-state index in [0.29, 0.717) is 0 Å². The summed E-state index contributed by atoms with van der Waals surface area (Å²) in [5.41, 5.74) is 0.208. The summed E-state index contributed by atoms with van der Waals surface area (Å²) in [7, 11) is 0. The lowest BCUT2D eigenvalue weighted by Crippen LogP contribution is -2.13. The van der Waals surface area contributed by atoms with Crippen molar-refractivity contribution in [3.8, 4) is 0 Å². The normalized spacial score (nSPS) is 12.0. The number of rotatable bonds is 1. The summed E-state index contributed by atoms with van der Waals surface area (Å²) in [6.07, 6.45) is 0. The van der Waals surface area contributed by atoms with Crippen molar-refractivity contribution in [3.05, 3.63) is 17.0 Å². The highest BCUT2D eigenvalue weighted by molar-refractivity contribution is 7.82. The van der Waals surface area contributed by atoms with Gasteiger partial charge < -0.3 is 5.11 Å². The van der Waals surface area contributed by atoms with Gasteiger partial charge in [0.15, 0.2) is 0 Å². The van der Waals surface area contributed by atoms with Crippen LogP contribution in [-0.2, 0) is 5.60 Å². The van der Waals surface area contributed by atoms with E-state index in [-0.39, 0.29) is 0 Å². The van der Waals surface area contributed by atoms with Gasteiger partial charge in [0.05, 0.1) is 9.81 Å². The smallest absolute Gasteiger partial charge is 0.0848 e. The van der Waals surface area contributed by atoms with E-state index in [4.69, 9.17) is 0 Å². The van der Waals surface area contributed by atoms with Crippen LogP contribution in [0.1, 0.15) is 19.4 Å². The molecule has 0 atom stereocenters. The fraction of sp³-hybridized carbons (Fsp3) is 0.429. The van der Waals surface area contributed by atoms with Crippen molar-refractivity contribution >= 4 is 24.0 Å². The third-order valence-electron chi connectivity index (χ3n) is 1.29. The van der Waals surface area contributed by atoms with Crippen LogP contribution in [0.2, 0.25) is 0 Å². The van der Waals surface area contributed by atoms with Crippen LogP contribution >= 0.6 is 24.0 Å². The maximum absolute atomic E-state index is 9.48. The summed E-state index contributed by atoms with van der Waals surface area (Å²) in [4.78, 5) is 0. The second-order valence-electron chi connectivity index (χ2n) is 2.73. The van der Waals surface area contributed by atoms with E-state index in [1.54, 1.807) is 13.8 Å². The molecular weight excluding hydrogens is 164 g/mol. The molecule has 0 aliphatic rings. The van der Waals surface area contributed by atoms with E-state index >= 15 is 0 Å². The highest BCUT2D eigenvalue weighted by atomic mass is 32.2. The van der Waals surface area contributed by atoms with Crippen LogP contribution in [0.15, 0.2) is 15.7 Å². The summed E-state index contributed by atoms with van der Waals surface area (Å²) < 4.78 is 0.942. The van der Waals surface area contributed by atoms with Crippen LogP contribution in [0.25, 0.3) is 0 Å². The summed E-state index contributed by atoms with van der Waals surface area (Å²) in [5, 5.41) is 11.4. The van der Waals surface area contributed by atoms with Crippen LogP contribution in [0.3, 0.4) is 0 Å². The summed E-state index contributed by atoms with van der Waals surface area (Å²) in [6, 6.07) is 1.88. The average Bonchev–Trinajstić information content (AvgIpc) is 2.11. The van der Waals surface area contributed by atoms with Gasteiger partial charge in [-0.25, -0.2) is 0 Å². The predicted octanol–water partition coefficient (Wildman–Crippen LogP) is 2.26. The molecular formula is C7H10OS2. The Balaban J connectivity index is 2.96. The Labute approximate surface area is 70.1 Å². The summed E-state index contributed by atoms with van der Waals surface area (Å²) >= 11 is 5.68. The first-order valence-corrected chi connectivity index (χ1v) is 4.33. The zero-order valence-corrected chi connectivity index (χ0v) is 7.67. The number of hydrogen-bond acceptors (Lipinski definition) is 3. The van der Waals surface area contributed by atoms with Gasteiger partial charge in [0.2, 0.25) is 0 Å². The minimum absolute atomic E-state index is 0.725. The molecule has 1 heterocycles. The Morgan fingerprint density at radius 3 is 2.40 bits per heavy atom. The predicted molar refractivity (Wildman–Crippen MR) is 46.8 cm³/mol. The number of aliphatic hydroxyl groups is 1. The molecule has 10 heavy (non-hydrogen) atoms. The molecule has 0 aromatic carbocycles. The Morgan fingerprint density at radius 1 is 1.60 bits per heavy atom. The minimum atomic E-state index is -0.725. The van der Waals surface area contributed by atoms with E-state index in [2.05, 4.69) is 12.6 Å². The Morgan fingerprint density at radius 2 is 2.20 bits per heavy atom. The third-order valence-corrected chi connectivity index (χ3v) is 2.47. The van der Waals surface area contributed by atoms with Gasteiger partial charge in [-0.3, -0.25) is 0 Å². The van der Waals surface area contributed by atoms with Gasteiger partial charge in [0.25, 0.3) is 0 Å². The standard InChI is InChI=1S/C7H10OS2/c1-7(2,8)5-3-6(9)10-4-5/h3-4,8-9H,1-2H3. The lowest BCUT2D eigenvalue weighted by molar-refractivity contribution is 0.0789. The molecule has 0 aliphatic heterocycles. The van der Waals surface area contributed by atoms with Gasteiger partial charge in [0, 0.05) is 0 Å². The Kier molecular flexibility index (Phi) is 2.08. The largest absolute Gasteiger partial charge is 0.386 e. The van der Waals surface area contributed by atoms with Gasteiger partial charge in [-0.15, -0.1) is 24.0 Å². The van der Waals surface area contributed by atoms with Crippen LogP contribution in [0.5, 0.6) is 0 Å². The number of thiophene rings is 1. The van der Waals surface area contributed by atoms with E-state index in [1.165, 1.54) is 11.3 Å². The molecule has 3 heteroatoms. The fourth-order valence-electron chi connectivity index (χ4n) is 0.646. The van der Waals surface area contributed by atoms with Gasteiger partial charge in [0.1, 0.15) is 0 Å². The van der Waals surface area contributed by atoms with Crippen LogP contribution in [-0.4, -0.2) is 5.11 Å². The highest BCUT2D eigenvalue weighted by Gasteiger charge is 2.16. The molecule has 0 radical (unpaired) electrons. The van der Waals surface area contributed by atoms with Crippen LogP contribution < -0.4 is 0 Å². The third kappa shape index (κ3) is 1.75. The lowest BCUT2D eigenvalue weighted by atomic mass is 10.0. The molecule has 0 bridgehead atoms. The van der Waals surface area contributed by atoms with E-state index < -0.39 is 5.60 Å². The summed E-state index contributed by atoms with van der Waals surface area (Å²) in [5.74, 6) is 0. The number of thiol groups is 1. The van der Waals surface area contributed by atoms with Crippen molar-refractivity contribution < 1.29 is 5.11 Å². The fourth-order valence-corrected chi connectivity index (χ4v) is 1.74. The van der Waals surface area contributed by atoms with Gasteiger partial charge in [-0.2, -0.15) is 0 Å². The Bertz CT molecular complexity index is 222. The van der Waals surface area contributed by atoms with E-state index in [0.717, 1.165) is 9.77 Å². The van der Waals surface area contributed by atoms with Crippen LogP contribution in [0, 0.1) is 0 Å². The monoisotopic (exact) mass is 174 g/mol.